The van der Waals surface area contributed by atoms with E-state index in [1.54, 1.807) is 69.8 Å². The maximum absolute atomic E-state index is 13.7. The van der Waals surface area contributed by atoms with E-state index in [0.717, 1.165) is 0 Å². The number of fused-ring (bicyclic) bond motifs is 1. The van der Waals surface area contributed by atoms with Gasteiger partial charge in [-0.05, 0) is 61.5 Å². The molecular weight excluding hydrogens is 512 g/mol. The molecule has 3 aromatic heterocycles. The zero-order valence-corrected chi connectivity index (χ0v) is 21.8. The second-order valence-corrected chi connectivity index (χ2v) is 9.85. The molecular formula is C26H22N4O5S2. The summed E-state index contributed by atoms with van der Waals surface area (Å²) in [5.41, 5.74) is 1.24. The number of hydrogen-bond acceptors (Lipinski definition) is 10. The third kappa shape index (κ3) is 5.00. The van der Waals surface area contributed by atoms with Crippen LogP contribution in [0.3, 0.4) is 0 Å². The fourth-order valence-electron chi connectivity index (χ4n) is 3.94. The van der Waals surface area contributed by atoms with E-state index in [9.17, 15) is 9.59 Å². The molecule has 4 aromatic rings. The van der Waals surface area contributed by atoms with E-state index in [4.69, 9.17) is 13.9 Å². The van der Waals surface area contributed by atoms with Gasteiger partial charge in [-0.3, -0.25) is 9.36 Å². The molecule has 0 N–H and O–H groups in total. The lowest BCUT2D eigenvalue weighted by atomic mass is 9.95. The first kappa shape index (κ1) is 24.7. The molecule has 188 valence electrons. The van der Waals surface area contributed by atoms with Gasteiger partial charge < -0.3 is 13.9 Å². The van der Waals surface area contributed by atoms with Crippen molar-refractivity contribution >= 4 is 35.1 Å². The largest absolute Gasteiger partial charge is 0.497 e. The van der Waals surface area contributed by atoms with Crippen LogP contribution in [0.2, 0.25) is 0 Å². The smallest absolute Gasteiger partial charge is 0.338 e. The highest BCUT2D eigenvalue weighted by molar-refractivity contribution is 7.99. The number of aromatic nitrogens is 3. The molecule has 4 heterocycles. The van der Waals surface area contributed by atoms with Crippen LogP contribution in [0.5, 0.6) is 5.75 Å². The zero-order valence-electron chi connectivity index (χ0n) is 20.2. The fraction of sp³-hybridized carbons (Fsp3) is 0.192. The Morgan fingerprint density at radius 3 is 2.78 bits per heavy atom. The van der Waals surface area contributed by atoms with E-state index in [-0.39, 0.29) is 12.2 Å². The molecule has 0 unspecified atom stereocenters. The summed E-state index contributed by atoms with van der Waals surface area (Å²) in [5.74, 6) is 0.602. The van der Waals surface area contributed by atoms with E-state index >= 15 is 0 Å². The molecule has 0 bridgehead atoms. The van der Waals surface area contributed by atoms with Gasteiger partial charge in [-0.2, -0.15) is 0 Å². The van der Waals surface area contributed by atoms with E-state index in [1.165, 1.54) is 27.7 Å². The number of ether oxygens (including phenoxy) is 2. The van der Waals surface area contributed by atoms with Gasteiger partial charge in [-0.1, -0.05) is 23.5 Å². The summed E-state index contributed by atoms with van der Waals surface area (Å²) >= 11 is 2.51. The van der Waals surface area contributed by atoms with Crippen LogP contribution in [0, 0.1) is 0 Å². The summed E-state index contributed by atoms with van der Waals surface area (Å²) in [6.07, 6.45) is 4.99. The Bertz CT molecular complexity index is 1670. The highest BCUT2D eigenvalue weighted by atomic mass is 32.2. The number of methoxy groups -OCH3 is 1. The van der Waals surface area contributed by atoms with Crippen LogP contribution in [0.15, 0.2) is 90.6 Å². The van der Waals surface area contributed by atoms with Crippen LogP contribution < -0.4 is 19.6 Å². The molecule has 5 rings (SSSR count). The van der Waals surface area contributed by atoms with Gasteiger partial charge in [0.25, 0.3) is 5.56 Å². The third-order valence-electron chi connectivity index (χ3n) is 5.54. The molecule has 0 fully saturated rings. The van der Waals surface area contributed by atoms with E-state index in [0.29, 0.717) is 47.9 Å². The van der Waals surface area contributed by atoms with Crippen LogP contribution in [-0.4, -0.2) is 34.2 Å². The van der Waals surface area contributed by atoms with Crippen molar-refractivity contribution in [3.63, 3.8) is 0 Å². The lowest BCUT2D eigenvalue weighted by Crippen LogP contribution is -2.39. The highest BCUT2D eigenvalue weighted by Crippen LogP contribution is 2.32. The number of esters is 1. The number of hydrogen-bond donors (Lipinski definition) is 0. The monoisotopic (exact) mass is 534 g/mol. The zero-order chi connectivity index (χ0) is 25.9. The van der Waals surface area contributed by atoms with E-state index < -0.39 is 12.0 Å². The topological polar surface area (TPSA) is 109 Å². The minimum Gasteiger partial charge on any atom is -0.497 e. The van der Waals surface area contributed by atoms with Crippen LogP contribution in [-0.2, 0) is 9.53 Å². The van der Waals surface area contributed by atoms with Crippen LogP contribution in [0.25, 0.3) is 6.08 Å². The molecule has 0 amide bonds. The number of benzene rings is 1. The van der Waals surface area contributed by atoms with Gasteiger partial charge in [-0.15, -0.1) is 0 Å². The minimum atomic E-state index is -0.717. The molecule has 0 saturated heterocycles. The molecule has 0 saturated carbocycles. The van der Waals surface area contributed by atoms with Gasteiger partial charge in [-0.25, -0.2) is 19.8 Å². The Morgan fingerprint density at radius 1 is 1.22 bits per heavy atom. The lowest BCUT2D eigenvalue weighted by molar-refractivity contribution is -0.139. The van der Waals surface area contributed by atoms with Crippen molar-refractivity contribution in [2.45, 2.75) is 30.1 Å². The molecule has 1 aromatic carbocycles. The average molecular weight is 535 g/mol. The summed E-state index contributed by atoms with van der Waals surface area (Å²) in [6.45, 7) is 3.69. The first-order chi connectivity index (χ1) is 18.0. The maximum Gasteiger partial charge on any atom is 0.338 e. The minimum absolute atomic E-state index is 0.206. The Labute approximate surface area is 219 Å². The highest BCUT2D eigenvalue weighted by Gasteiger charge is 2.33. The normalized spacial score (nSPS) is 15.3. The van der Waals surface area contributed by atoms with Gasteiger partial charge in [0.05, 0.1) is 35.6 Å². The maximum atomic E-state index is 13.7. The number of carbonyl (C=O) groups excluding carboxylic acids is 1. The van der Waals surface area contributed by atoms with Gasteiger partial charge in [0, 0.05) is 18.5 Å². The van der Waals surface area contributed by atoms with Gasteiger partial charge in [0.1, 0.15) is 11.5 Å². The molecule has 37 heavy (non-hydrogen) atoms. The molecule has 9 nitrogen and oxygen atoms in total. The molecule has 1 aliphatic rings. The van der Waals surface area contributed by atoms with E-state index in [1.807, 2.05) is 12.1 Å². The van der Waals surface area contributed by atoms with Crippen molar-refractivity contribution < 1.29 is 18.7 Å². The number of nitrogens with zero attached hydrogens (tertiary/aromatic N) is 4. The predicted molar refractivity (Wildman–Crippen MR) is 138 cm³/mol. The van der Waals surface area contributed by atoms with Crippen LogP contribution >= 0.6 is 23.1 Å². The fourth-order valence-corrected chi connectivity index (χ4v) is 5.65. The van der Waals surface area contributed by atoms with Crippen molar-refractivity contribution in [2.75, 3.05) is 13.7 Å². The van der Waals surface area contributed by atoms with Gasteiger partial charge >= 0.3 is 5.97 Å². The number of rotatable bonds is 7. The molecule has 0 spiro atoms. The summed E-state index contributed by atoms with van der Waals surface area (Å²) in [6, 6.07) is 11.9. The van der Waals surface area contributed by atoms with Crippen molar-refractivity contribution in [3.8, 4) is 5.75 Å². The molecule has 1 atom stereocenters. The van der Waals surface area contributed by atoms with Crippen molar-refractivity contribution in [1.29, 1.82) is 0 Å². The second-order valence-electron chi connectivity index (χ2n) is 7.87. The average Bonchev–Trinajstić information content (AvgIpc) is 3.47. The third-order valence-corrected chi connectivity index (χ3v) is 7.33. The SMILES string of the molecule is CCOC(=O)C1=C(C)N=c2s/c(=C/c3ccc(Sc4ncccn4)o3)c(=O)n2[C@@H]1c1cccc(OC)c1. The quantitative estimate of drug-likeness (QED) is 0.262. The molecule has 0 radical (unpaired) electrons. The first-order valence-electron chi connectivity index (χ1n) is 11.4. The molecule has 11 heteroatoms. The summed E-state index contributed by atoms with van der Waals surface area (Å²) in [7, 11) is 1.57. The molecule has 0 aliphatic carbocycles. The number of thiazole rings is 1. The Kier molecular flexibility index (Phi) is 7.06. The van der Waals surface area contributed by atoms with Crippen molar-refractivity contribution in [3.05, 3.63) is 97.1 Å². The van der Waals surface area contributed by atoms with Crippen molar-refractivity contribution in [1.82, 2.24) is 14.5 Å². The van der Waals surface area contributed by atoms with Crippen LogP contribution in [0.1, 0.15) is 31.2 Å². The summed E-state index contributed by atoms with van der Waals surface area (Å²) < 4.78 is 18.6. The Morgan fingerprint density at radius 2 is 2.03 bits per heavy atom. The standard InChI is InChI=1S/C26H22N4O5S2/c1-4-34-24(32)21-15(2)29-26-30(22(21)16-7-5-8-17(13-16)33-3)23(31)19(36-26)14-18-9-10-20(35-18)37-25-27-11-6-12-28-25/h5-14,22H,4H2,1-3H3/b19-14+/t22-/m1/s1. The van der Waals surface area contributed by atoms with Gasteiger partial charge in [0.2, 0.25) is 0 Å². The van der Waals surface area contributed by atoms with E-state index in [2.05, 4.69) is 15.0 Å². The number of furan rings is 1. The lowest BCUT2D eigenvalue weighted by Gasteiger charge is -2.24. The number of carbonyl (C=O) groups is 1. The summed E-state index contributed by atoms with van der Waals surface area (Å²) in [4.78, 5) is 40.1. The summed E-state index contributed by atoms with van der Waals surface area (Å²) in [5, 5.41) is 1.16. The van der Waals surface area contributed by atoms with Crippen molar-refractivity contribution in [2.24, 2.45) is 4.99 Å². The molecule has 1 aliphatic heterocycles. The number of allylic oxidation sites excluding steroid dienone is 1. The Balaban J connectivity index is 1.60. The van der Waals surface area contributed by atoms with Gasteiger partial charge in [0.15, 0.2) is 15.1 Å². The van der Waals surface area contributed by atoms with Crippen LogP contribution in [0.4, 0.5) is 0 Å². The Hall–Kier alpha value is -3.96. The first-order valence-corrected chi connectivity index (χ1v) is 13.0. The second kappa shape index (κ2) is 10.6. The predicted octanol–water partition coefficient (Wildman–Crippen LogP) is 3.34.